The van der Waals surface area contributed by atoms with Gasteiger partial charge in [-0.15, -0.1) is 0 Å². The topological polar surface area (TPSA) is 59.0 Å². The number of esters is 1. The second kappa shape index (κ2) is 8.41. The highest BCUT2D eigenvalue weighted by atomic mass is 19.1. The van der Waals surface area contributed by atoms with Crippen molar-refractivity contribution < 1.29 is 28.2 Å². The normalized spacial score (nSPS) is 28.7. The Hall–Kier alpha value is -2.35. The van der Waals surface area contributed by atoms with E-state index in [9.17, 15) is 18.7 Å². The van der Waals surface area contributed by atoms with Crippen LogP contribution in [0.4, 0.5) is 8.78 Å². The molecule has 0 aromatic heterocycles. The molecule has 0 radical (unpaired) electrons. The van der Waals surface area contributed by atoms with Gasteiger partial charge in [-0.3, -0.25) is 9.69 Å². The first-order chi connectivity index (χ1) is 14.4. The molecule has 0 aliphatic carbocycles. The molecular formula is C23H25F2NO4. The number of aliphatic hydroxyl groups excluding tert-OH is 1. The summed E-state index contributed by atoms with van der Waals surface area (Å²) in [6.07, 6.45) is -0.758. The molecular weight excluding hydrogens is 392 g/mol. The van der Waals surface area contributed by atoms with Gasteiger partial charge in [0, 0.05) is 12.1 Å². The fourth-order valence-electron chi connectivity index (χ4n) is 4.83. The van der Waals surface area contributed by atoms with Crippen LogP contribution in [-0.2, 0) is 14.3 Å². The molecule has 0 unspecified atom stereocenters. The lowest BCUT2D eigenvalue weighted by atomic mass is 9.87. The molecule has 30 heavy (non-hydrogen) atoms. The Morgan fingerprint density at radius 3 is 2.03 bits per heavy atom. The van der Waals surface area contributed by atoms with Gasteiger partial charge in [-0.1, -0.05) is 24.3 Å². The largest absolute Gasteiger partial charge is 0.469 e. The first-order valence-electron chi connectivity index (χ1n) is 10.0. The van der Waals surface area contributed by atoms with Crippen molar-refractivity contribution in [1.82, 2.24) is 4.90 Å². The van der Waals surface area contributed by atoms with Gasteiger partial charge in [0.1, 0.15) is 17.7 Å². The van der Waals surface area contributed by atoms with Crippen molar-refractivity contribution in [3.63, 3.8) is 0 Å². The molecule has 2 heterocycles. The van der Waals surface area contributed by atoms with Crippen LogP contribution in [0.1, 0.15) is 30.1 Å². The summed E-state index contributed by atoms with van der Waals surface area (Å²) in [5, 5.41) is 10.5. The maximum Gasteiger partial charge on any atom is 0.312 e. The fourth-order valence-corrected chi connectivity index (χ4v) is 4.83. The highest BCUT2D eigenvalue weighted by Gasteiger charge is 2.54. The molecule has 160 valence electrons. The Morgan fingerprint density at radius 1 is 1.00 bits per heavy atom. The summed E-state index contributed by atoms with van der Waals surface area (Å²) in [6.45, 7) is 0. The number of hydrogen-bond donors (Lipinski definition) is 1. The molecule has 2 fully saturated rings. The Morgan fingerprint density at radius 2 is 1.53 bits per heavy atom. The third-order valence-corrected chi connectivity index (χ3v) is 6.39. The number of aliphatic hydroxyl groups is 1. The average Bonchev–Trinajstić information content (AvgIpc) is 2.92. The molecule has 2 saturated heterocycles. The van der Waals surface area contributed by atoms with Gasteiger partial charge >= 0.3 is 5.97 Å². The minimum absolute atomic E-state index is 0.122. The molecule has 2 aliphatic rings. The predicted molar refractivity (Wildman–Crippen MR) is 106 cm³/mol. The van der Waals surface area contributed by atoms with Gasteiger partial charge in [-0.2, -0.15) is 0 Å². The van der Waals surface area contributed by atoms with Crippen LogP contribution in [0.3, 0.4) is 0 Å². The summed E-state index contributed by atoms with van der Waals surface area (Å²) < 4.78 is 38.5. The second-order valence-electron chi connectivity index (χ2n) is 8.05. The van der Waals surface area contributed by atoms with Gasteiger partial charge in [0.05, 0.1) is 25.2 Å². The van der Waals surface area contributed by atoms with Crippen LogP contribution in [0.15, 0.2) is 48.5 Å². The number of methoxy groups -OCH3 is 1. The molecule has 2 aliphatic heterocycles. The molecule has 5 atom stereocenters. The zero-order valence-corrected chi connectivity index (χ0v) is 16.9. The van der Waals surface area contributed by atoms with Crippen LogP contribution in [0.25, 0.3) is 0 Å². The molecule has 4 rings (SSSR count). The summed E-state index contributed by atoms with van der Waals surface area (Å²) >= 11 is 0. The molecule has 5 nitrogen and oxygen atoms in total. The lowest BCUT2D eigenvalue weighted by Gasteiger charge is -2.42. The first kappa shape index (κ1) is 20.9. The predicted octanol–water partition coefficient (Wildman–Crippen LogP) is 3.07. The number of benzene rings is 2. The van der Waals surface area contributed by atoms with E-state index in [2.05, 4.69) is 0 Å². The maximum atomic E-state index is 13.5. The van der Waals surface area contributed by atoms with Crippen LogP contribution < -0.4 is 0 Å². The van der Waals surface area contributed by atoms with E-state index >= 15 is 0 Å². The fraction of sp³-hybridized carbons (Fsp3) is 0.435. The number of ether oxygens (including phenoxy) is 2. The molecule has 2 aromatic rings. The van der Waals surface area contributed by atoms with E-state index < -0.39 is 24.2 Å². The third kappa shape index (κ3) is 3.85. The smallest absolute Gasteiger partial charge is 0.312 e. The number of hydrogen-bond acceptors (Lipinski definition) is 5. The van der Waals surface area contributed by atoms with Crippen LogP contribution in [-0.4, -0.2) is 54.4 Å². The molecule has 7 heteroatoms. The molecule has 2 bridgehead atoms. The maximum absolute atomic E-state index is 13.5. The minimum atomic E-state index is -0.622. The number of nitrogens with zero attached hydrogens (tertiary/aromatic N) is 1. The molecule has 1 N–H and O–H groups in total. The Labute approximate surface area is 174 Å². The zero-order valence-electron chi connectivity index (χ0n) is 16.9. The zero-order chi connectivity index (χ0) is 21.4. The number of carbonyl (C=O) groups is 1. The summed E-state index contributed by atoms with van der Waals surface area (Å²) in [7, 11) is 3.24. The van der Waals surface area contributed by atoms with Crippen LogP contribution in [0.2, 0.25) is 0 Å². The quantitative estimate of drug-likeness (QED) is 0.758. The number of piperidine rings is 1. The SMILES string of the molecule is COC(=O)[C@@H]1[C@H]2C[C@H](O)[C@H](C[C@H]1OC(c1ccc(F)cc1)c1ccc(F)cc1)N2C. The van der Waals surface area contributed by atoms with E-state index in [1.807, 2.05) is 11.9 Å². The van der Waals surface area contributed by atoms with Gasteiger partial charge in [0.2, 0.25) is 0 Å². The van der Waals surface area contributed by atoms with E-state index in [0.717, 1.165) is 0 Å². The van der Waals surface area contributed by atoms with Gasteiger partial charge in [0.25, 0.3) is 0 Å². The number of carbonyl (C=O) groups excluding carboxylic acids is 1. The number of halogens is 2. The molecule has 2 aromatic carbocycles. The van der Waals surface area contributed by atoms with Crippen molar-refractivity contribution in [2.24, 2.45) is 5.92 Å². The summed E-state index contributed by atoms with van der Waals surface area (Å²) in [5.74, 6) is -1.70. The van der Waals surface area contributed by atoms with Crippen LogP contribution >= 0.6 is 0 Å². The van der Waals surface area contributed by atoms with Crippen molar-refractivity contribution in [3.05, 3.63) is 71.3 Å². The van der Waals surface area contributed by atoms with Gasteiger partial charge in [-0.05, 0) is 55.3 Å². The van der Waals surface area contributed by atoms with Crippen molar-refractivity contribution >= 4 is 5.97 Å². The monoisotopic (exact) mass is 417 g/mol. The first-order valence-corrected chi connectivity index (χ1v) is 10.0. The Bertz CT molecular complexity index is 844. The van der Waals surface area contributed by atoms with E-state index in [0.29, 0.717) is 24.0 Å². The minimum Gasteiger partial charge on any atom is -0.469 e. The highest BCUT2D eigenvalue weighted by Crippen LogP contribution is 2.42. The van der Waals surface area contributed by atoms with Crippen molar-refractivity contribution in [3.8, 4) is 0 Å². The van der Waals surface area contributed by atoms with E-state index in [4.69, 9.17) is 9.47 Å². The Kier molecular flexibility index (Phi) is 5.86. The standard InChI is InChI=1S/C23H25F2NO4/c1-26-17-12-20(21(23(28)29-2)18(26)11-19(17)27)30-22(13-3-7-15(24)8-4-13)14-5-9-16(25)10-6-14/h3-10,17-22,27H,11-12H2,1-2H3/t17-,18+,19-,20+,21+/m0/s1. The number of fused-ring (bicyclic) bond motifs is 2. The second-order valence-corrected chi connectivity index (χ2v) is 8.05. The highest BCUT2D eigenvalue weighted by molar-refractivity contribution is 5.74. The van der Waals surface area contributed by atoms with Crippen LogP contribution in [0, 0.1) is 17.6 Å². The van der Waals surface area contributed by atoms with Crippen LogP contribution in [0.5, 0.6) is 0 Å². The van der Waals surface area contributed by atoms with Crippen molar-refractivity contribution in [2.75, 3.05) is 14.2 Å². The lowest BCUT2D eigenvalue weighted by molar-refractivity contribution is -0.162. The average molecular weight is 417 g/mol. The number of likely N-dealkylation sites (N-methyl/N-ethyl adjacent to an activating group) is 1. The van der Waals surface area contributed by atoms with Gasteiger partial charge in [0.15, 0.2) is 0 Å². The molecule has 0 saturated carbocycles. The molecule has 0 amide bonds. The summed E-state index contributed by atoms with van der Waals surface area (Å²) in [4.78, 5) is 14.7. The summed E-state index contributed by atoms with van der Waals surface area (Å²) in [6, 6.07) is 11.5. The lowest BCUT2D eigenvalue weighted by Crippen LogP contribution is -2.54. The van der Waals surface area contributed by atoms with E-state index in [1.165, 1.54) is 31.4 Å². The van der Waals surface area contributed by atoms with Gasteiger partial charge < -0.3 is 14.6 Å². The summed E-state index contributed by atoms with van der Waals surface area (Å²) in [5.41, 5.74) is 1.39. The van der Waals surface area contributed by atoms with Crippen molar-refractivity contribution in [1.29, 1.82) is 0 Å². The van der Waals surface area contributed by atoms with Crippen molar-refractivity contribution in [2.45, 2.75) is 43.2 Å². The van der Waals surface area contributed by atoms with E-state index in [-0.39, 0.29) is 29.7 Å². The molecule has 0 spiro atoms. The third-order valence-electron chi connectivity index (χ3n) is 6.39. The van der Waals surface area contributed by atoms with E-state index in [1.54, 1.807) is 24.3 Å². The number of rotatable bonds is 5. The van der Waals surface area contributed by atoms with Gasteiger partial charge in [-0.25, -0.2) is 8.78 Å². The Balaban J connectivity index is 1.69.